The highest BCUT2D eigenvalue weighted by Crippen LogP contribution is 2.33. The summed E-state index contributed by atoms with van der Waals surface area (Å²) in [5.41, 5.74) is 2.95. The Morgan fingerprint density at radius 3 is 2.95 bits per heavy atom. The van der Waals surface area contributed by atoms with Crippen molar-refractivity contribution in [2.45, 2.75) is 13.3 Å². The van der Waals surface area contributed by atoms with Gasteiger partial charge in [-0.3, -0.25) is 0 Å². The second kappa shape index (κ2) is 5.61. The van der Waals surface area contributed by atoms with Gasteiger partial charge in [0.15, 0.2) is 0 Å². The summed E-state index contributed by atoms with van der Waals surface area (Å²) in [6, 6.07) is 5.65. The first kappa shape index (κ1) is 13.7. The Hall–Kier alpha value is -2.27. The van der Waals surface area contributed by atoms with Crippen LogP contribution in [0.3, 0.4) is 0 Å². The molecule has 0 spiro atoms. The third kappa shape index (κ3) is 2.52. The van der Waals surface area contributed by atoms with Crippen molar-refractivity contribution in [1.29, 1.82) is 0 Å². The van der Waals surface area contributed by atoms with Crippen molar-refractivity contribution in [2.75, 3.05) is 19.7 Å². The highest BCUT2D eigenvalue weighted by Gasteiger charge is 2.21. The smallest absolute Gasteiger partial charge is 0.352 e. The van der Waals surface area contributed by atoms with E-state index in [2.05, 4.69) is 16.4 Å². The number of hydrogen-bond acceptors (Lipinski definition) is 3. The van der Waals surface area contributed by atoms with Gasteiger partial charge in [0.25, 0.3) is 0 Å². The number of nitrogens with one attached hydrogen (secondary N) is 2. The van der Waals surface area contributed by atoms with E-state index in [-0.39, 0.29) is 5.69 Å². The molecular formula is C16H18N2O3. The van der Waals surface area contributed by atoms with Crippen LogP contribution in [-0.4, -0.2) is 35.8 Å². The summed E-state index contributed by atoms with van der Waals surface area (Å²) in [7, 11) is 0. The molecule has 0 amide bonds. The molecule has 0 unspecified atom stereocenters. The van der Waals surface area contributed by atoms with E-state index in [9.17, 15) is 9.90 Å². The molecule has 3 rings (SSSR count). The zero-order valence-electron chi connectivity index (χ0n) is 11.9. The van der Waals surface area contributed by atoms with Crippen LogP contribution in [0.4, 0.5) is 0 Å². The average molecular weight is 286 g/mol. The fourth-order valence-electron chi connectivity index (χ4n) is 2.77. The summed E-state index contributed by atoms with van der Waals surface area (Å²) >= 11 is 0. The molecule has 2 aromatic rings. The number of benzene rings is 1. The van der Waals surface area contributed by atoms with Gasteiger partial charge in [-0.25, -0.2) is 4.79 Å². The number of aromatic nitrogens is 1. The lowest BCUT2D eigenvalue weighted by Crippen LogP contribution is -2.20. The lowest BCUT2D eigenvalue weighted by molar-refractivity contribution is 0.0691. The van der Waals surface area contributed by atoms with Crippen molar-refractivity contribution in [1.82, 2.24) is 10.3 Å². The van der Waals surface area contributed by atoms with Gasteiger partial charge >= 0.3 is 5.97 Å². The van der Waals surface area contributed by atoms with Gasteiger partial charge in [-0.2, -0.15) is 0 Å². The first-order valence-corrected chi connectivity index (χ1v) is 7.12. The van der Waals surface area contributed by atoms with Crippen LogP contribution in [0.15, 0.2) is 24.3 Å². The molecule has 1 aromatic carbocycles. The van der Waals surface area contributed by atoms with Gasteiger partial charge in [-0.1, -0.05) is 6.08 Å². The molecular weight excluding hydrogens is 268 g/mol. The molecule has 110 valence electrons. The lowest BCUT2D eigenvalue weighted by Gasteiger charge is -2.14. The third-order valence-electron chi connectivity index (χ3n) is 3.68. The molecule has 1 aromatic heterocycles. The van der Waals surface area contributed by atoms with Crippen molar-refractivity contribution in [3.63, 3.8) is 0 Å². The fraction of sp³-hybridized carbons (Fsp3) is 0.312. The first-order chi connectivity index (χ1) is 10.2. The van der Waals surface area contributed by atoms with E-state index in [1.807, 2.05) is 25.1 Å². The van der Waals surface area contributed by atoms with Gasteiger partial charge in [0, 0.05) is 23.0 Å². The van der Waals surface area contributed by atoms with E-state index in [1.54, 1.807) is 0 Å². The molecule has 3 N–H and O–H groups in total. The monoisotopic (exact) mass is 286 g/mol. The van der Waals surface area contributed by atoms with Crippen LogP contribution < -0.4 is 10.1 Å². The van der Waals surface area contributed by atoms with Crippen molar-refractivity contribution < 1.29 is 14.6 Å². The van der Waals surface area contributed by atoms with Crippen LogP contribution in [0.25, 0.3) is 16.5 Å². The molecule has 1 aliphatic heterocycles. The van der Waals surface area contributed by atoms with E-state index in [1.165, 1.54) is 0 Å². The fourth-order valence-corrected chi connectivity index (χ4v) is 2.77. The molecule has 1 aliphatic rings. The number of H-pyrrole nitrogens is 1. The zero-order valence-corrected chi connectivity index (χ0v) is 11.9. The van der Waals surface area contributed by atoms with Gasteiger partial charge in [0.2, 0.25) is 0 Å². The first-order valence-electron chi connectivity index (χ1n) is 7.12. The molecule has 0 atom stereocenters. The summed E-state index contributed by atoms with van der Waals surface area (Å²) < 4.78 is 5.53. The summed E-state index contributed by atoms with van der Waals surface area (Å²) in [5.74, 6) is -0.171. The maximum atomic E-state index is 11.5. The van der Waals surface area contributed by atoms with Crippen LogP contribution >= 0.6 is 0 Å². The largest absolute Gasteiger partial charge is 0.494 e. The quantitative estimate of drug-likeness (QED) is 0.807. The van der Waals surface area contributed by atoms with Crippen LogP contribution in [-0.2, 0) is 0 Å². The Labute approximate surface area is 122 Å². The van der Waals surface area contributed by atoms with E-state index in [4.69, 9.17) is 4.74 Å². The maximum absolute atomic E-state index is 11.5. The minimum atomic E-state index is -0.932. The van der Waals surface area contributed by atoms with Gasteiger partial charge in [0.05, 0.1) is 6.61 Å². The van der Waals surface area contributed by atoms with Crippen molar-refractivity contribution in [3.05, 3.63) is 35.5 Å². The van der Waals surface area contributed by atoms with E-state index in [0.29, 0.717) is 6.61 Å². The van der Waals surface area contributed by atoms with E-state index < -0.39 is 5.97 Å². The zero-order chi connectivity index (χ0) is 14.8. The highest BCUT2D eigenvalue weighted by molar-refractivity contribution is 6.04. The Kier molecular flexibility index (Phi) is 3.66. The van der Waals surface area contributed by atoms with E-state index >= 15 is 0 Å². The number of ether oxygens (including phenoxy) is 1. The molecule has 0 radical (unpaired) electrons. The summed E-state index contributed by atoms with van der Waals surface area (Å²) in [4.78, 5) is 14.6. The molecule has 0 fully saturated rings. The molecule has 0 bridgehead atoms. The Bertz CT molecular complexity index is 716. The Morgan fingerprint density at radius 1 is 1.43 bits per heavy atom. The van der Waals surface area contributed by atoms with Crippen LogP contribution in [0, 0.1) is 0 Å². The normalized spacial score (nSPS) is 15.0. The van der Waals surface area contributed by atoms with Crippen molar-refractivity contribution in [3.8, 4) is 5.75 Å². The topological polar surface area (TPSA) is 74.4 Å². The van der Waals surface area contributed by atoms with Gasteiger partial charge in [0.1, 0.15) is 11.4 Å². The average Bonchev–Trinajstić information content (AvgIpc) is 2.87. The SMILES string of the molecule is CCOc1ccc2[nH]c(C(=O)O)c(C3=CCNCC3)c2c1. The molecule has 5 nitrogen and oxygen atoms in total. The third-order valence-corrected chi connectivity index (χ3v) is 3.68. The van der Waals surface area contributed by atoms with Crippen LogP contribution in [0.5, 0.6) is 5.75 Å². The van der Waals surface area contributed by atoms with Gasteiger partial charge in [-0.15, -0.1) is 0 Å². The van der Waals surface area contributed by atoms with Crippen LogP contribution in [0.2, 0.25) is 0 Å². The number of fused-ring (bicyclic) bond motifs is 1. The number of aromatic carboxylic acids is 1. The number of aromatic amines is 1. The minimum absolute atomic E-state index is 0.256. The minimum Gasteiger partial charge on any atom is -0.494 e. The van der Waals surface area contributed by atoms with Gasteiger partial charge in [-0.05, 0) is 43.7 Å². The molecule has 0 saturated heterocycles. The summed E-state index contributed by atoms with van der Waals surface area (Å²) in [6.45, 7) is 4.15. The standard InChI is InChI=1S/C16H18N2O3/c1-2-21-11-3-4-13-12(9-11)14(15(18-13)16(19)20)10-5-7-17-8-6-10/h3-5,9,17-18H,2,6-8H2,1H3,(H,19,20). The van der Waals surface area contributed by atoms with Crippen molar-refractivity contribution >= 4 is 22.4 Å². The number of hydrogen-bond donors (Lipinski definition) is 3. The Balaban J connectivity index is 2.21. The maximum Gasteiger partial charge on any atom is 0.352 e. The lowest BCUT2D eigenvalue weighted by atomic mass is 9.97. The number of carboxylic acids is 1. The molecule has 21 heavy (non-hydrogen) atoms. The summed E-state index contributed by atoms with van der Waals surface area (Å²) in [5, 5.41) is 13.6. The second-order valence-corrected chi connectivity index (χ2v) is 5.00. The molecule has 5 heteroatoms. The molecule has 2 heterocycles. The highest BCUT2D eigenvalue weighted by atomic mass is 16.5. The number of rotatable bonds is 4. The number of carbonyl (C=O) groups is 1. The molecule has 0 saturated carbocycles. The predicted octanol–water partition coefficient (Wildman–Crippen LogP) is 2.64. The van der Waals surface area contributed by atoms with Gasteiger partial charge < -0.3 is 20.1 Å². The second-order valence-electron chi connectivity index (χ2n) is 5.00. The Morgan fingerprint density at radius 2 is 2.29 bits per heavy atom. The van der Waals surface area contributed by atoms with Crippen molar-refractivity contribution in [2.24, 2.45) is 0 Å². The predicted molar refractivity (Wildman–Crippen MR) is 81.9 cm³/mol. The van der Waals surface area contributed by atoms with E-state index in [0.717, 1.165) is 47.3 Å². The number of carboxylic acid groups (broad SMARTS) is 1. The summed E-state index contributed by atoms with van der Waals surface area (Å²) in [6.07, 6.45) is 2.89. The molecule has 0 aliphatic carbocycles. The van der Waals surface area contributed by atoms with Crippen LogP contribution in [0.1, 0.15) is 29.4 Å².